The average Bonchev–Trinajstić information content (AvgIpc) is 2.58. The van der Waals surface area contributed by atoms with E-state index in [1.807, 2.05) is 50.9 Å². The molecule has 0 heterocycles. The summed E-state index contributed by atoms with van der Waals surface area (Å²) in [5, 5.41) is 6.01. The minimum absolute atomic E-state index is 0.0630. The average molecular weight is 364 g/mol. The summed E-state index contributed by atoms with van der Waals surface area (Å²) in [4.78, 5) is 18.2. The van der Waals surface area contributed by atoms with Crippen LogP contribution in [0.1, 0.15) is 26.3 Å². The zero-order chi connectivity index (χ0) is 19.7. The number of carbonyl (C=O) groups excluding carboxylic acids is 1. The molecule has 7 heteroatoms. The predicted molar refractivity (Wildman–Crippen MR) is 105 cm³/mol. The van der Waals surface area contributed by atoms with Gasteiger partial charge in [-0.05, 0) is 44.9 Å². The van der Waals surface area contributed by atoms with Crippen LogP contribution in [-0.2, 0) is 11.2 Å². The summed E-state index contributed by atoms with van der Waals surface area (Å²) in [6, 6.07) is 5.89. The van der Waals surface area contributed by atoms with Crippen molar-refractivity contribution in [3.63, 3.8) is 0 Å². The Morgan fingerprint density at radius 3 is 2.38 bits per heavy atom. The van der Waals surface area contributed by atoms with Gasteiger partial charge in [0.2, 0.25) is 5.91 Å². The van der Waals surface area contributed by atoms with Crippen LogP contribution in [0.3, 0.4) is 0 Å². The molecule has 1 rings (SSSR count). The number of hydrogen-bond donors (Lipinski definition) is 2. The van der Waals surface area contributed by atoms with Crippen molar-refractivity contribution >= 4 is 11.9 Å². The van der Waals surface area contributed by atoms with E-state index in [1.165, 1.54) is 0 Å². The van der Waals surface area contributed by atoms with Crippen LogP contribution in [0.15, 0.2) is 23.2 Å². The second-order valence-corrected chi connectivity index (χ2v) is 7.06. The number of rotatable bonds is 7. The van der Waals surface area contributed by atoms with E-state index in [0.717, 1.165) is 18.5 Å². The third-order valence-electron chi connectivity index (χ3n) is 3.68. The van der Waals surface area contributed by atoms with Crippen molar-refractivity contribution in [1.82, 2.24) is 15.5 Å². The molecule has 0 unspecified atom stereocenters. The Kier molecular flexibility index (Phi) is 8.22. The van der Waals surface area contributed by atoms with E-state index >= 15 is 0 Å². The molecule has 2 N–H and O–H groups in total. The third kappa shape index (κ3) is 7.21. The van der Waals surface area contributed by atoms with Gasteiger partial charge in [-0.1, -0.05) is 6.07 Å². The highest BCUT2D eigenvalue weighted by Gasteiger charge is 2.15. The zero-order valence-corrected chi connectivity index (χ0v) is 17.0. The molecule has 0 aliphatic heterocycles. The molecule has 0 bridgehead atoms. The fourth-order valence-corrected chi connectivity index (χ4v) is 2.45. The highest BCUT2D eigenvalue weighted by atomic mass is 16.5. The lowest BCUT2D eigenvalue weighted by Gasteiger charge is -2.24. The molecular formula is C19H32N4O3. The molecule has 0 radical (unpaired) electrons. The Morgan fingerprint density at radius 2 is 1.85 bits per heavy atom. The Bertz CT molecular complexity index is 624. The van der Waals surface area contributed by atoms with E-state index in [2.05, 4.69) is 15.6 Å². The summed E-state index contributed by atoms with van der Waals surface area (Å²) in [7, 11) is 6.90. The number of amides is 1. The lowest BCUT2D eigenvalue weighted by Crippen LogP contribution is -2.48. The van der Waals surface area contributed by atoms with Crippen molar-refractivity contribution in [1.29, 1.82) is 0 Å². The van der Waals surface area contributed by atoms with Crippen molar-refractivity contribution in [2.75, 3.05) is 41.4 Å². The molecule has 0 spiro atoms. The molecule has 0 atom stereocenters. The first kappa shape index (κ1) is 21.6. The molecule has 0 saturated heterocycles. The van der Waals surface area contributed by atoms with Gasteiger partial charge in [0.05, 0.1) is 20.8 Å². The number of methoxy groups -OCH3 is 2. The van der Waals surface area contributed by atoms with Crippen LogP contribution in [0, 0.1) is 0 Å². The van der Waals surface area contributed by atoms with Crippen LogP contribution in [0.25, 0.3) is 0 Å². The van der Waals surface area contributed by atoms with Gasteiger partial charge in [-0.3, -0.25) is 9.79 Å². The van der Waals surface area contributed by atoms with E-state index in [1.54, 1.807) is 21.3 Å². The van der Waals surface area contributed by atoms with Crippen LogP contribution >= 0.6 is 0 Å². The smallest absolute Gasteiger partial charge is 0.239 e. The number of nitrogens with zero attached hydrogens (tertiary/aromatic N) is 2. The number of hydrogen-bond acceptors (Lipinski definition) is 4. The maximum Gasteiger partial charge on any atom is 0.239 e. The van der Waals surface area contributed by atoms with Gasteiger partial charge in [-0.15, -0.1) is 0 Å². The number of nitrogens with one attached hydrogen (secondary N) is 2. The van der Waals surface area contributed by atoms with Gasteiger partial charge in [0.15, 0.2) is 17.5 Å². The van der Waals surface area contributed by atoms with Gasteiger partial charge in [-0.25, -0.2) is 0 Å². The van der Waals surface area contributed by atoms with Crippen molar-refractivity contribution in [3.8, 4) is 11.5 Å². The second-order valence-electron chi connectivity index (χ2n) is 7.06. The Balaban J connectivity index is 2.57. The lowest BCUT2D eigenvalue weighted by atomic mass is 10.1. The quantitative estimate of drug-likeness (QED) is 0.569. The van der Waals surface area contributed by atoms with Crippen LogP contribution in [0.5, 0.6) is 11.5 Å². The first-order valence-corrected chi connectivity index (χ1v) is 8.64. The summed E-state index contributed by atoms with van der Waals surface area (Å²) in [6.07, 6.45) is 0.811. The summed E-state index contributed by atoms with van der Waals surface area (Å²) in [5.74, 6) is 2.04. The number of aliphatic imine (C=N–C) groups is 1. The van der Waals surface area contributed by atoms with Crippen molar-refractivity contribution in [3.05, 3.63) is 23.8 Å². The molecule has 0 fully saturated rings. The first-order chi connectivity index (χ1) is 12.2. The summed E-state index contributed by atoms with van der Waals surface area (Å²) in [6.45, 7) is 6.79. The lowest BCUT2D eigenvalue weighted by molar-refractivity contribution is -0.121. The van der Waals surface area contributed by atoms with Crippen LogP contribution in [0.4, 0.5) is 0 Å². The number of ether oxygens (including phenoxy) is 2. The molecule has 26 heavy (non-hydrogen) atoms. The van der Waals surface area contributed by atoms with Gasteiger partial charge < -0.3 is 25.0 Å². The van der Waals surface area contributed by atoms with Crippen molar-refractivity contribution in [2.24, 2.45) is 4.99 Å². The molecule has 0 aliphatic rings. The van der Waals surface area contributed by atoms with Crippen LogP contribution < -0.4 is 20.1 Å². The van der Waals surface area contributed by atoms with E-state index < -0.39 is 0 Å². The molecular weight excluding hydrogens is 332 g/mol. The zero-order valence-electron chi connectivity index (χ0n) is 17.0. The Hall–Kier alpha value is -2.44. The molecule has 146 valence electrons. The maximum absolute atomic E-state index is 11.9. The van der Waals surface area contributed by atoms with Crippen molar-refractivity contribution < 1.29 is 14.3 Å². The SMILES string of the molecule is CN=C(NCC(=O)NC(C)(C)C)N(C)CCc1ccc(OC)c(OC)c1. The number of guanidine groups is 1. The maximum atomic E-state index is 11.9. The molecule has 0 aliphatic carbocycles. The normalized spacial score (nSPS) is 11.7. The summed E-state index contributed by atoms with van der Waals surface area (Å²) < 4.78 is 10.6. The highest BCUT2D eigenvalue weighted by molar-refractivity contribution is 5.86. The van der Waals surface area contributed by atoms with Gasteiger partial charge in [0, 0.05) is 26.2 Å². The van der Waals surface area contributed by atoms with Gasteiger partial charge >= 0.3 is 0 Å². The van der Waals surface area contributed by atoms with Crippen LogP contribution in [0.2, 0.25) is 0 Å². The summed E-state index contributed by atoms with van der Waals surface area (Å²) >= 11 is 0. The molecule has 1 amide bonds. The van der Waals surface area contributed by atoms with Crippen molar-refractivity contribution in [2.45, 2.75) is 32.7 Å². The van der Waals surface area contributed by atoms with E-state index in [-0.39, 0.29) is 18.0 Å². The highest BCUT2D eigenvalue weighted by Crippen LogP contribution is 2.27. The minimum Gasteiger partial charge on any atom is -0.493 e. The van der Waals surface area contributed by atoms with Crippen LogP contribution in [-0.4, -0.2) is 63.7 Å². The van der Waals surface area contributed by atoms with E-state index in [9.17, 15) is 4.79 Å². The number of likely N-dealkylation sites (N-methyl/N-ethyl adjacent to an activating group) is 1. The molecule has 1 aromatic rings. The molecule has 7 nitrogen and oxygen atoms in total. The number of carbonyl (C=O) groups is 1. The topological polar surface area (TPSA) is 75.2 Å². The minimum atomic E-state index is -0.248. The Labute approximate surface area is 156 Å². The fraction of sp³-hybridized carbons (Fsp3) is 0.579. The second kappa shape index (κ2) is 9.89. The summed E-state index contributed by atoms with van der Waals surface area (Å²) in [5.41, 5.74) is 0.886. The molecule has 1 aromatic carbocycles. The van der Waals surface area contributed by atoms with Gasteiger partial charge in [-0.2, -0.15) is 0 Å². The van der Waals surface area contributed by atoms with Gasteiger partial charge in [0.25, 0.3) is 0 Å². The van der Waals surface area contributed by atoms with Gasteiger partial charge in [0.1, 0.15) is 0 Å². The molecule has 0 aromatic heterocycles. The largest absolute Gasteiger partial charge is 0.493 e. The molecule has 0 saturated carbocycles. The first-order valence-electron chi connectivity index (χ1n) is 8.64. The fourth-order valence-electron chi connectivity index (χ4n) is 2.45. The Morgan fingerprint density at radius 1 is 1.19 bits per heavy atom. The predicted octanol–water partition coefficient (Wildman–Crippen LogP) is 1.67. The van der Waals surface area contributed by atoms with E-state index in [0.29, 0.717) is 17.5 Å². The monoisotopic (exact) mass is 364 g/mol. The third-order valence-corrected chi connectivity index (χ3v) is 3.68. The van der Waals surface area contributed by atoms with E-state index in [4.69, 9.17) is 9.47 Å². The number of benzene rings is 1. The standard InChI is InChI=1S/C19H32N4O3/c1-19(2,3)22-17(24)13-21-18(20-4)23(5)11-10-14-8-9-15(25-6)16(12-14)26-7/h8-9,12H,10-11,13H2,1-7H3,(H,20,21)(H,22,24).